The lowest BCUT2D eigenvalue weighted by molar-refractivity contribution is -0.143. The van der Waals surface area contributed by atoms with Crippen LogP contribution in [-0.4, -0.2) is 22.6 Å². The van der Waals surface area contributed by atoms with Crippen molar-refractivity contribution in [1.82, 2.24) is 5.32 Å². The SMILES string of the molecule is CC1(C(=O)O)N=C(N)C=CN1. The number of carboxylic acids is 1. The first-order valence-corrected chi connectivity index (χ1v) is 3.07. The zero-order valence-electron chi connectivity index (χ0n) is 6.03. The van der Waals surface area contributed by atoms with Gasteiger partial charge < -0.3 is 16.2 Å². The van der Waals surface area contributed by atoms with Gasteiger partial charge in [0.1, 0.15) is 5.84 Å². The summed E-state index contributed by atoms with van der Waals surface area (Å²) in [5.41, 5.74) is 4.00. The molecule has 0 radical (unpaired) electrons. The smallest absolute Gasteiger partial charge is 0.352 e. The highest BCUT2D eigenvalue weighted by Gasteiger charge is 2.32. The summed E-state index contributed by atoms with van der Waals surface area (Å²) in [5.74, 6) is -0.835. The van der Waals surface area contributed by atoms with Crippen LogP contribution in [0.1, 0.15) is 6.92 Å². The van der Waals surface area contributed by atoms with Gasteiger partial charge in [-0.25, -0.2) is 9.79 Å². The minimum atomic E-state index is -1.31. The molecule has 0 aliphatic carbocycles. The van der Waals surface area contributed by atoms with Gasteiger partial charge in [0.15, 0.2) is 0 Å². The summed E-state index contributed by atoms with van der Waals surface area (Å²) < 4.78 is 0. The van der Waals surface area contributed by atoms with Gasteiger partial charge in [-0.2, -0.15) is 0 Å². The molecule has 0 saturated heterocycles. The number of aliphatic carboxylic acids is 1. The molecule has 0 aromatic rings. The minimum absolute atomic E-state index is 0.216. The number of amidine groups is 1. The van der Waals surface area contributed by atoms with Crippen LogP contribution in [0.15, 0.2) is 17.3 Å². The number of nitrogens with zero attached hydrogens (tertiary/aromatic N) is 1. The summed E-state index contributed by atoms with van der Waals surface area (Å²) in [6, 6.07) is 0. The lowest BCUT2D eigenvalue weighted by Crippen LogP contribution is -2.48. The lowest BCUT2D eigenvalue weighted by atomic mass is 10.2. The average molecular weight is 155 g/mol. The van der Waals surface area contributed by atoms with Gasteiger partial charge in [0.25, 0.3) is 0 Å². The number of nitrogens with two attached hydrogens (primary N) is 1. The van der Waals surface area contributed by atoms with Crippen LogP contribution in [0.5, 0.6) is 0 Å². The van der Waals surface area contributed by atoms with E-state index >= 15 is 0 Å². The van der Waals surface area contributed by atoms with Gasteiger partial charge in [-0.1, -0.05) is 0 Å². The Hall–Kier alpha value is -1.52. The maximum Gasteiger partial charge on any atom is 0.352 e. The monoisotopic (exact) mass is 155 g/mol. The second kappa shape index (κ2) is 2.26. The van der Waals surface area contributed by atoms with E-state index in [9.17, 15) is 4.79 Å². The molecule has 0 amide bonds. The Kier molecular flexibility index (Phi) is 1.56. The average Bonchev–Trinajstić information content (AvgIpc) is 1.86. The van der Waals surface area contributed by atoms with E-state index in [0.29, 0.717) is 0 Å². The summed E-state index contributed by atoms with van der Waals surface area (Å²) in [6.07, 6.45) is 2.97. The molecule has 0 fully saturated rings. The van der Waals surface area contributed by atoms with Crippen LogP contribution in [-0.2, 0) is 4.79 Å². The molecule has 0 bridgehead atoms. The van der Waals surface area contributed by atoms with Crippen molar-refractivity contribution in [3.63, 3.8) is 0 Å². The Morgan fingerprint density at radius 3 is 2.91 bits per heavy atom. The maximum atomic E-state index is 10.6. The molecule has 1 rings (SSSR count). The summed E-state index contributed by atoms with van der Waals surface area (Å²) in [7, 11) is 0. The molecule has 4 N–H and O–H groups in total. The number of aliphatic imine (C=N–C) groups is 1. The Morgan fingerprint density at radius 1 is 1.91 bits per heavy atom. The molecular formula is C6H9N3O2. The van der Waals surface area contributed by atoms with Crippen LogP contribution in [0.2, 0.25) is 0 Å². The van der Waals surface area contributed by atoms with E-state index in [1.807, 2.05) is 0 Å². The highest BCUT2D eigenvalue weighted by atomic mass is 16.4. The highest BCUT2D eigenvalue weighted by molar-refractivity contribution is 5.95. The third-order valence-electron chi connectivity index (χ3n) is 1.39. The number of carbonyl (C=O) groups is 1. The van der Waals surface area contributed by atoms with Crippen LogP contribution in [0.3, 0.4) is 0 Å². The second-order valence-electron chi connectivity index (χ2n) is 2.39. The standard InChI is InChI=1S/C6H9N3O2/c1-6(5(10)11)8-3-2-4(7)9-6/h2-3,8H,1H3,(H2,7,9)(H,10,11). The van der Waals surface area contributed by atoms with E-state index in [2.05, 4.69) is 10.3 Å². The first-order chi connectivity index (χ1) is 5.04. The van der Waals surface area contributed by atoms with Crippen molar-refractivity contribution in [2.75, 3.05) is 0 Å². The van der Waals surface area contributed by atoms with Crippen molar-refractivity contribution < 1.29 is 9.90 Å². The van der Waals surface area contributed by atoms with Gasteiger partial charge in [0.2, 0.25) is 5.66 Å². The number of hydrogen-bond donors (Lipinski definition) is 3. The minimum Gasteiger partial charge on any atom is -0.478 e. The third kappa shape index (κ3) is 1.31. The highest BCUT2D eigenvalue weighted by Crippen LogP contribution is 2.08. The van der Waals surface area contributed by atoms with E-state index in [1.54, 1.807) is 0 Å². The molecule has 1 heterocycles. The Morgan fingerprint density at radius 2 is 2.55 bits per heavy atom. The van der Waals surface area contributed by atoms with Crippen LogP contribution in [0.4, 0.5) is 0 Å². The van der Waals surface area contributed by atoms with Crippen LogP contribution in [0, 0.1) is 0 Å². The number of nitrogens with one attached hydrogen (secondary N) is 1. The van der Waals surface area contributed by atoms with Crippen LogP contribution < -0.4 is 11.1 Å². The fraction of sp³-hybridized carbons (Fsp3) is 0.333. The normalized spacial score (nSPS) is 29.0. The van der Waals surface area contributed by atoms with Crippen molar-refractivity contribution in [3.05, 3.63) is 12.3 Å². The van der Waals surface area contributed by atoms with Gasteiger partial charge in [-0.05, 0) is 13.0 Å². The fourth-order valence-corrected chi connectivity index (χ4v) is 0.727. The van der Waals surface area contributed by atoms with Crippen LogP contribution >= 0.6 is 0 Å². The molecule has 0 aromatic carbocycles. The van der Waals surface area contributed by atoms with Crippen molar-refractivity contribution in [2.24, 2.45) is 10.7 Å². The fourth-order valence-electron chi connectivity index (χ4n) is 0.727. The van der Waals surface area contributed by atoms with E-state index in [1.165, 1.54) is 19.2 Å². The molecule has 5 nitrogen and oxygen atoms in total. The summed E-state index contributed by atoms with van der Waals surface area (Å²) >= 11 is 0. The largest absolute Gasteiger partial charge is 0.478 e. The number of carboxylic acid groups (broad SMARTS) is 1. The molecule has 11 heavy (non-hydrogen) atoms. The quantitative estimate of drug-likeness (QED) is 0.465. The van der Waals surface area contributed by atoms with E-state index in [-0.39, 0.29) is 5.84 Å². The molecular weight excluding hydrogens is 146 g/mol. The van der Waals surface area contributed by atoms with E-state index in [4.69, 9.17) is 10.8 Å². The van der Waals surface area contributed by atoms with Crippen molar-refractivity contribution in [3.8, 4) is 0 Å². The zero-order chi connectivity index (χ0) is 8.48. The first kappa shape index (κ1) is 7.59. The Labute approximate surface area is 63.6 Å². The predicted molar refractivity (Wildman–Crippen MR) is 39.9 cm³/mol. The molecule has 5 heteroatoms. The molecule has 1 unspecified atom stereocenters. The van der Waals surface area contributed by atoms with Gasteiger partial charge in [-0.3, -0.25) is 0 Å². The third-order valence-corrected chi connectivity index (χ3v) is 1.39. The van der Waals surface area contributed by atoms with E-state index < -0.39 is 11.6 Å². The maximum absolute atomic E-state index is 10.6. The molecule has 1 aliphatic rings. The van der Waals surface area contributed by atoms with Gasteiger partial charge in [0.05, 0.1) is 0 Å². The molecule has 60 valence electrons. The summed E-state index contributed by atoms with van der Waals surface area (Å²) in [4.78, 5) is 14.3. The van der Waals surface area contributed by atoms with Gasteiger partial charge in [0, 0.05) is 6.20 Å². The van der Waals surface area contributed by atoms with Gasteiger partial charge in [-0.15, -0.1) is 0 Å². The van der Waals surface area contributed by atoms with Crippen molar-refractivity contribution >= 4 is 11.8 Å². The number of hydrogen-bond acceptors (Lipinski definition) is 4. The number of rotatable bonds is 1. The van der Waals surface area contributed by atoms with Crippen molar-refractivity contribution in [1.29, 1.82) is 0 Å². The summed E-state index contributed by atoms with van der Waals surface area (Å²) in [5, 5.41) is 11.2. The molecule has 0 spiro atoms. The molecule has 1 aliphatic heterocycles. The Bertz CT molecular complexity index is 246. The first-order valence-electron chi connectivity index (χ1n) is 3.07. The zero-order valence-corrected chi connectivity index (χ0v) is 6.03. The predicted octanol–water partition coefficient (Wildman–Crippen LogP) is -0.739. The van der Waals surface area contributed by atoms with Crippen molar-refractivity contribution in [2.45, 2.75) is 12.6 Å². The molecule has 0 aromatic heterocycles. The van der Waals surface area contributed by atoms with E-state index in [0.717, 1.165) is 0 Å². The second-order valence-corrected chi connectivity index (χ2v) is 2.39. The van der Waals surface area contributed by atoms with Gasteiger partial charge >= 0.3 is 5.97 Å². The van der Waals surface area contributed by atoms with Crippen LogP contribution in [0.25, 0.3) is 0 Å². The topological polar surface area (TPSA) is 87.7 Å². The summed E-state index contributed by atoms with van der Waals surface area (Å²) in [6.45, 7) is 1.44. The molecule has 0 saturated carbocycles. The lowest BCUT2D eigenvalue weighted by Gasteiger charge is -2.23. The Balaban J connectivity index is 2.92. The molecule has 1 atom stereocenters.